The molecular formula is C22H32N6O3. The lowest BCUT2D eigenvalue weighted by molar-refractivity contribution is -0.151. The summed E-state index contributed by atoms with van der Waals surface area (Å²) in [7, 11) is 0. The Kier molecular flexibility index (Phi) is 7.86. The second-order valence-electron chi connectivity index (χ2n) is 8.11. The highest BCUT2D eigenvalue weighted by atomic mass is 16.2. The number of aliphatic imine (C=N–C) groups is 1. The van der Waals surface area contributed by atoms with Crippen LogP contribution in [0, 0.1) is 0 Å². The van der Waals surface area contributed by atoms with Crippen molar-refractivity contribution >= 4 is 23.7 Å². The molecule has 168 valence electrons. The minimum Gasteiger partial charge on any atom is -0.370 e. The summed E-state index contributed by atoms with van der Waals surface area (Å²) < 4.78 is 0. The number of amides is 3. The van der Waals surface area contributed by atoms with Crippen LogP contribution in [0.4, 0.5) is 0 Å². The zero-order chi connectivity index (χ0) is 22.2. The monoisotopic (exact) mass is 428 g/mol. The molecule has 0 saturated carbocycles. The summed E-state index contributed by atoms with van der Waals surface area (Å²) >= 11 is 0. The summed E-state index contributed by atoms with van der Waals surface area (Å²) in [4.78, 5) is 45.3. The Labute approximate surface area is 182 Å². The number of benzene rings is 1. The summed E-state index contributed by atoms with van der Waals surface area (Å²) in [5.41, 5.74) is 11.7. The van der Waals surface area contributed by atoms with E-state index in [4.69, 9.17) is 11.5 Å². The number of hydrogen-bond acceptors (Lipinski definition) is 4. The minimum atomic E-state index is -0.447. The molecule has 9 nitrogen and oxygen atoms in total. The Morgan fingerprint density at radius 2 is 1.90 bits per heavy atom. The number of nitrogens with one attached hydrogen (secondary N) is 1. The Balaban J connectivity index is 1.44. The summed E-state index contributed by atoms with van der Waals surface area (Å²) in [6.07, 6.45) is 3.93. The normalized spacial score (nSPS) is 20.3. The fourth-order valence-electron chi connectivity index (χ4n) is 4.28. The number of fused-ring (bicyclic) bond motifs is 1. The maximum absolute atomic E-state index is 12.8. The molecule has 31 heavy (non-hydrogen) atoms. The third-order valence-corrected chi connectivity index (χ3v) is 5.85. The molecule has 0 radical (unpaired) electrons. The number of guanidine groups is 1. The van der Waals surface area contributed by atoms with Crippen LogP contribution in [0.3, 0.4) is 0 Å². The van der Waals surface area contributed by atoms with Crippen molar-refractivity contribution in [2.75, 3.05) is 26.2 Å². The zero-order valence-electron chi connectivity index (χ0n) is 17.8. The van der Waals surface area contributed by atoms with Crippen molar-refractivity contribution in [3.8, 4) is 0 Å². The van der Waals surface area contributed by atoms with E-state index in [9.17, 15) is 14.4 Å². The maximum Gasteiger partial charge on any atom is 0.243 e. The van der Waals surface area contributed by atoms with Crippen molar-refractivity contribution in [3.05, 3.63) is 35.9 Å². The number of nitrogens with zero attached hydrogens (tertiary/aromatic N) is 3. The van der Waals surface area contributed by atoms with Crippen LogP contribution < -0.4 is 16.8 Å². The van der Waals surface area contributed by atoms with E-state index in [1.165, 1.54) is 0 Å². The molecule has 5 N–H and O–H groups in total. The van der Waals surface area contributed by atoms with Gasteiger partial charge < -0.3 is 26.6 Å². The van der Waals surface area contributed by atoms with Crippen molar-refractivity contribution in [3.63, 3.8) is 0 Å². The number of nitrogens with two attached hydrogens (primary N) is 2. The lowest BCUT2D eigenvalue weighted by Crippen LogP contribution is -2.59. The SMILES string of the molecule is NC(N)=NCCCCNC(=O)[C@@H]1CC[C@H]2CN(C(=O)CCc3ccccc3)CC(=O)N21. The molecule has 9 heteroatoms. The van der Waals surface area contributed by atoms with Gasteiger partial charge in [0.1, 0.15) is 6.04 Å². The van der Waals surface area contributed by atoms with E-state index in [0.717, 1.165) is 24.8 Å². The van der Waals surface area contributed by atoms with E-state index in [1.807, 2.05) is 30.3 Å². The highest BCUT2D eigenvalue weighted by Crippen LogP contribution is 2.28. The van der Waals surface area contributed by atoms with Crippen LogP contribution in [0.25, 0.3) is 0 Å². The number of unbranched alkanes of at least 4 members (excludes halogenated alkanes) is 1. The number of carbonyl (C=O) groups is 3. The molecule has 1 aromatic carbocycles. The van der Waals surface area contributed by atoms with Gasteiger partial charge in [-0.05, 0) is 37.7 Å². The van der Waals surface area contributed by atoms with Gasteiger partial charge in [-0.15, -0.1) is 0 Å². The molecular weight excluding hydrogens is 396 g/mol. The molecule has 3 rings (SSSR count). The topological polar surface area (TPSA) is 134 Å². The summed E-state index contributed by atoms with van der Waals surface area (Å²) in [5, 5.41) is 2.91. The highest BCUT2D eigenvalue weighted by Gasteiger charge is 2.45. The van der Waals surface area contributed by atoms with Gasteiger partial charge in [0.05, 0.1) is 12.6 Å². The van der Waals surface area contributed by atoms with Crippen molar-refractivity contribution in [2.45, 2.75) is 50.6 Å². The van der Waals surface area contributed by atoms with Gasteiger partial charge >= 0.3 is 0 Å². The number of piperazine rings is 1. The third kappa shape index (κ3) is 6.19. The molecule has 2 saturated heterocycles. The second-order valence-corrected chi connectivity index (χ2v) is 8.11. The zero-order valence-corrected chi connectivity index (χ0v) is 17.8. The molecule has 1 aromatic rings. The molecule has 2 aliphatic rings. The van der Waals surface area contributed by atoms with Gasteiger partial charge in [-0.3, -0.25) is 19.4 Å². The lowest BCUT2D eigenvalue weighted by Gasteiger charge is -2.39. The molecule has 0 aliphatic carbocycles. The minimum absolute atomic E-state index is 0.00877. The number of aryl methyl sites for hydroxylation is 1. The highest BCUT2D eigenvalue weighted by molar-refractivity contribution is 5.92. The van der Waals surface area contributed by atoms with Crippen molar-refractivity contribution < 1.29 is 14.4 Å². The van der Waals surface area contributed by atoms with Crippen LogP contribution in [-0.2, 0) is 20.8 Å². The van der Waals surface area contributed by atoms with E-state index in [1.54, 1.807) is 9.80 Å². The smallest absolute Gasteiger partial charge is 0.243 e. The van der Waals surface area contributed by atoms with Crippen LogP contribution in [-0.4, -0.2) is 71.7 Å². The first-order valence-electron chi connectivity index (χ1n) is 10.9. The van der Waals surface area contributed by atoms with E-state index >= 15 is 0 Å². The van der Waals surface area contributed by atoms with E-state index < -0.39 is 6.04 Å². The predicted octanol–water partition coefficient (Wildman–Crippen LogP) is -0.00920. The van der Waals surface area contributed by atoms with Crippen LogP contribution in [0.15, 0.2) is 35.3 Å². The standard InChI is InChI=1S/C22H32N6O3/c23-22(24)26-13-5-4-12-25-21(31)18-10-9-17-14-27(15-20(30)28(17)18)19(29)11-8-16-6-2-1-3-7-16/h1-3,6-7,17-18H,4-5,8-15H2,(H,25,31)(H4,23,24,26)/t17-,18-/m0/s1. The third-order valence-electron chi connectivity index (χ3n) is 5.85. The van der Waals surface area contributed by atoms with Gasteiger partial charge in [0.15, 0.2) is 5.96 Å². The Morgan fingerprint density at radius 1 is 1.13 bits per heavy atom. The average Bonchev–Trinajstić information content (AvgIpc) is 3.19. The molecule has 0 spiro atoms. The molecule has 3 amide bonds. The first-order valence-corrected chi connectivity index (χ1v) is 10.9. The fourth-order valence-corrected chi connectivity index (χ4v) is 4.28. The van der Waals surface area contributed by atoms with E-state index in [0.29, 0.717) is 38.9 Å². The van der Waals surface area contributed by atoms with Crippen molar-refractivity contribution in [2.24, 2.45) is 16.5 Å². The van der Waals surface area contributed by atoms with Crippen LogP contribution in [0.2, 0.25) is 0 Å². The van der Waals surface area contributed by atoms with E-state index in [2.05, 4.69) is 10.3 Å². The second kappa shape index (κ2) is 10.8. The maximum atomic E-state index is 12.8. The molecule has 0 aromatic heterocycles. The van der Waals surface area contributed by atoms with Gasteiger partial charge in [-0.25, -0.2) is 0 Å². The summed E-state index contributed by atoms with van der Waals surface area (Å²) in [6.45, 7) is 1.60. The first kappa shape index (κ1) is 22.6. The molecule has 2 atom stereocenters. The molecule has 2 fully saturated rings. The average molecular weight is 429 g/mol. The van der Waals surface area contributed by atoms with Crippen LogP contribution in [0.1, 0.15) is 37.7 Å². The van der Waals surface area contributed by atoms with Gasteiger partial charge in [0.25, 0.3) is 0 Å². The van der Waals surface area contributed by atoms with Crippen LogP contribution in [0.5, 0.6) is 0 Å². The Bertz CT molecular complexity index is 809. The summed E-state index contributed by atoms with van der Waals surface area (Å²) in [6, 6.07) is 9.32. The molecule has 0 bridgehead atoms. The largest absolute Gasteiger partial charge is 0.370 e. The summed E-state index contributed by atoms with van der Waals surface area (Å²) in [5.74, 6) is -0.209. The fraction of sp³-hybridized carbons (Fsp3) is 0.545. The lowest BCUT2D eigenvalue weighted by atomic mass is 10.1. The van der Waals surface area contributed by atoms with Crippen molar-refractivity contribution in [1.82, 2.24) is 15.1 Å². The van der Waals surface area contributed by atoms with Crippen LogP contribution >= 0.6 is 0 Å². The Hall–Kier alpha value is -3.10. The van der Waals surface area contributed by atoms with E-state index in [-0.39, 0.29) is 36.3 Å². The van der Waals surface area contributed by atoms with Gasteiger partial charge in [0.2, 0.25) is 17.7 Å². The van der Waals surface area contributed by atoms with Gasteiger partial charge in [-0.2, -0.15) is 0 Å². The predicted molar refractivity (Wildman–Crippen MR) is 118 cm³/mol. The van der Waals surface area contributed by atoms with Gasteiger partial charge in [-0.1, -0.05) is 30.3 Å². The first-order chi connectivity index (χ1) is 15.0. The van der Waals surface area contributed by atoms with Gasteiger partial charge in [0, 0.05) is 26.1 Å². The number of carbonyl (C=O) groups excluding carboxylic acids is 3. The molecule has 2 aliphatic heterocycles. The van der Waals surface area contributed by atoms with Crippen molar-refractivity contribution in [1.29, 1.82) is 0 Å². The molecule has 2 heterocycles. The quantitative estimate of drug-likeness (QED) is 0.289. The Morgan fingerprint density at radius 3 is 2.65 bits per heavy atom. The molecule has 0 unspecified atom stereocenters. The number of hydrogen-bond donors (Lipinski definition) is 3. The number of rotatable bonds is 9.